The molecule has 2 saturated heterocycles. The fourth-order valence-corrected chi connectivity index (χ4v) is 4.70. The average molecular weight is 414 g/mol. The molecule has 162 valence electrons. The molecule has 2 amide bonds. The molecule has 0 saturated carbocycles. The zero-order chi connectivity index (χ0) is 21.5. The Hall–Kier alpha value is -2.57. The van der Waals surface area contributed by atoms with Gasteiger partial charge in [-0.05, 0) is 58.1 Å². The molecule has 1 unspecified atom stereocenters. The van der Waals surface area contributed by atoms with Crippen molar-refractivity contribution in [1.82, 2.24) is 5.32 Å². The molecule has 0 aliphatic carbocycles. The molecule has 4 rings (SSSR count). The first-order chi connectivity index (χ1) is 14.2. The summed E-state index contributed by atoms with van der Waals surface area (Å²) < 4.78 is 5.40. The lowest BCUT2D eigenvalue weighted by Gasteiger charge is -2.42. The summed E-state index contributed by atoms with van der Waals surface area (Å²) in [6.07, 6.45) is 3.19. The Kier molecular flexibility index (Phi) is 5.47. The summed E-state index contributed by atoms with van der Waals surface area (Å²) in [7, 11) is 0. The molecule has 0 aromatic heterocycles. The minimum absolute atomic E-state index is 0.124. The lowest BCUT2D eigenvalue weighted by atomic mass is 9.92. The van der Waals surface area contributed by atoms with E-state index in [0.29, 0.717) is 25.2 Å². The summed E-state index contributed by atoms with van der Waals surface area (Å²) in [4.78, 5) is 40.3. The maximum atomic E-state index is 12.3. The standard InChI is InChI=1S/C23H31N3O4/c1-23(2,3)30-21(28)10-7-15-13-25(14-15)17-5-4-6-18-16(17)11-12-26(18)19-8-9-20(27)24-22(19)29/h4-6,15,19H,7-14H2,1-3H3,(H,24,27,29). The molecular weight excluding hydrogens is 382 g/mol. The van der Waals surface area contributed by atoms with Crippen molar-refractivity contribution in [3.63, 3.8) is 0 Å². The molecule has 1 N–H and O–H groups in total. The number of ether oxygens (including phenoxy) is 1. The van der Waals surface area contributed by atoms with E-state index >= 15 is 0 Å². The third-order valence-electron chi connectivity index (χ3n) is 6.10. The predicted molar refractivity (Wildman–Crippen MR) is 114 cm³/mol. The molecule has 1 aromatic carbocycles. The van der Waals surface area contributed by atoms with Crippen molar-refractivity contribution >= 4 is 29.2 Å². The van der Waals surface area contributed by atoms with Crippen molar-refractivity contribution in [1.29, 1.82) is 0 Å². The highest BCUT2D eigenvalue weighted by Crippen LogP contribution is 2.40. The Labute approximate surface area is 177 Å². The minimum Gasteiger partial charge on any atom is -0.460 e. The number of benzene rings is 1. The first-order valence-corrected chi connectivity index (χ1v) is 10.9. The minimum atomic E-state index is -0.429. The van der Waals surface area contributed by atoms with Gasteiger partial charge in [-0.15, -0.1) is 0 Å². The van der Waals surface area contributed by atoms with Crippen molar-refractivity contribution in [3.8, 4) is 0 Å². The van der Waals surface area contributed by atoms with Crippen molar-refractivity contribution < 1.29 is 19.1 Å². The van der Waals surface area contributed by atoms with Gasteiger partial charge in [0.15, 0.2) is 0 Å². The Morgan fingerprint density at radius 3 is 2.60 bits per heavy atom. The normalized spacial score (nSPS) is 21.9. The number of fused-ring (bicyclic) bond motifs is 1. The largest absolute Gasteiger partial charge is 0.460 e. The van der Waals surface area contributed by atoms with Gasteiger partial charge in [-0.25, -0.2) is 0 Å². The van der Waals surface area contributed by atoms with Gasteiger partial charge in [0.25, 0.3) is 0 Å². The zero-order valence-electron chi connectivity index (χ0n) is 18.1. The maximum Gasteiger partial charge on any atom is 0.306 e. The lowest BCUT2D eigenvalue weighted by molar-refractivity contribution is -0.155. The highest BCUT2D eigenvalue weighted by atomic mass is 16.6. The van der Waals surface area contributed by atoms with Crippen molar-refractivity contribution in [3.05, 3.63) is 23.8 Å². The summed E-state index contributed by atoms with van der Waals surface area (Å²) in [5.74, 6) is 0.0144. The number of hydrogen-bond acceptors (Lipinski definition) is 6. The van der Waals surface area contributed by atoms with E-state index in [0.717, 1.165) is 38.2 Å². The molecule has 1 aromatic rings. The van der Waals surface area contributed by atoms with E-state index in [-0.39, 0.29) is 23.8 Å². The van der Waals surface area contributed by atoms with Gasteiger partial charge in [0.2, 0.25) is 11.8 Å². The Morgan fingerprint density at radius 1 is 1.17 bits per heavy atom. The number of imide groups is 1. The molecule has 30 heavy (non-hydrogen) atoms. The molecule has 1 atom stereocenters. The lowest BCUT2D eigenvalue weighted by Crippen LogP contribution is -2.52. The van der Waals surface area contributed by atoms with Gasteiger partial charge in [-0.3, -0.25) is 19.7 Å². The number of nitrogens with zero attached hydrogens (tertiary/aromatic N) is 2. The van der Waals surface area contributed by atoms with Gasteiger partial charge in [-0.2, -0.15) is 0 Å². The van der Waals surface area contributed by atoms with E-state index in [2.05, 4.69) is 27.2 Å². The van der Waals surface area contributed by atoms with Gasteiger partial charge in [0, 0.05) is 49.4 Å². The van der Waals surface area contributed by atoms with Crippen LogP contribution in [0.15, 0.2) is 18.2 Å². The van der Waals surface area contributed by atoms with Crippen LogP contribution in [0.1, 0.15) is 52.0 Å². The van der Waals surface area contributed by atoms with Crippen LogP contribution in [0.2, 0.25) is 0 Å². The highest BCUT2D eigenvalue weighted by Gasteiger charge is 2.37. The number of esters is 1. The van der Waals surface area contributed by atoms with Crippen molar-refractivity contribution in [2.45, 2.75) is 64.5 Å². The summed E-state index contributed by atoms with van der Waals surface area (Å²) >= 11 is 0. The quantitative estimate of drug-likeness (QED) is 0.590. The molecular formula is C23H31N3O4. The SMILES string of the molecule is CC(C)(C)OC(=O)CCC1CN(c2cccc3c2CCN3C2CCC(=O)NC2=O)C1. The molecule has 3 aliphatic rings. The average Bonchev–Trinajstić information content (AvgIpc) is 3.03. The number of hydrogen-bond donors (Lipinski definition) is 1. The molecule has 2 fully saturated rings. The van der Waals surface area contributed by atoms with Crippen LogP contribution in [0.25, 0.3) is 0 Å². The maximum absolute atomic E-state index is 12.3. The van der Waals surface area contributed by atoms with Gasteiger partial charge in [-0.1, -0.05) is 6.07 Å². The second-order valence-corrected chi connectivity index (χ2v) is 9.58. The third-order valence-corrected chi connectivity index (χ3v) is 6.10. The molecule has 3 aliphatic heterocycles. The third kappa shape index (κ3) is 4.30. The van der Waals surface area contributed by atoms with E-state index in [9.17, 15) is 14.4 Å². The predicted octanol–water partition coefficient (Wildman–Crippen LogP) is 2.41. The van der Waals surface area contributed by atoms with Crippen LogP contribution in [0.5, 0.6) is 0 Å². The van der Waals surface area contributed by atoms with E-state index < -0.39 is 5.60 Å². The van der Waals surface area contributed by atoms with Crippen molar-refractivity contribution in [2.75, 3.05) is 29.4 Å². The summed E-state index contributed by atoms with van der Waals surface area (Å²) in [6.45, 7) is 8.36. The number of amides is 2. The van der Waals surface area contributed by atoms with Crippen LogP contribution >= 0.6 is 0 Å². The summed E-state index contributed by atoms with van der Waals surface area (Å²) in [6, 6.07) is 6.01. The van der Waals surface area contributed by atoms with Crippen LogP contribution in [0.3, 0.4) is 0 Å². The number of carbonyl (C=O) groups excluding carboxylic acids is 3. The molecule has 7 heteroatoms. The van der Waals surface area contributed by atoms with Gasteiger partial charge >= 0.3 is 5.97 Å². The highest BCUT2D eigenvalue weighted by molar-refractivity contribution is 6.02. The number of nitrogens with one attached hydrogen (secondary N) is 1. The van der Waals surface area contributed by atoms with Crippen LogP contribution in [0, 0.1) is 5.92 Å². The number of rotatable bonds is 5. The van der Waals surface area contributed by atoms with Crippen LogP contribution in [-0.4, -0.2) is 49.1 Å². The topological polar surface area (TPSA) is 79.0 Å². The second kappa shape index (κ2) is 7.93. The first-order valence-electron chi connectivity index (χ1n) is 10.9. The van der Waals surface area contributed by atoms with E-state index in [4.69, 9.17) is 4.74 Å². The van der Waals surface area contributed by atoms with Crippen molar-refractivity contribution in [2.24, 2.45) is 5.92 Å². The Balaban J connectivity index is 1.35. The molecule has 7 nitrogen and oxygen atoms in total. The molecule has 0 bridgehead atoms. The van der Waals surface area contributed by atoms with E-state index in [1.807, 2.05) is 26.8 Å². The van der Waals surface area contributed by atoms with Gasteiger partial charge in [0.05, 0.1) is 0 Å². The molecule has 0 spiro atoms. The summed E-state index contributed by atoms with van der Waals surface area (Å²) in [5, 5.41) is 2.47. The Bertz CT molecular complexity index is 854. The van der Waals surface area contributed by atoms with Gasteiger partial charge < -0.3 is 14.5 Å². The molecule has 3 heterocycles. The monoisotopic (exact) mass is 413 g/mol. The number of anilines is 2. The fourth-order valence-electron chi connectivity index (χ4n) is 4.70. The first kappa shape index (κ1) is 20.7. The fraction of sp³-hybridized carbons (Fsp3) is 0.609. The number of carbonyl (C=O) groups is 3. The zero-order valence-corrected chi connectivity index (χ0v) is 18.1. The van der Waals surface area contributed by atoms with Gasteiger partial charge in [0.1, 0.15) is 11.6 Å². The summed E-state index contributed by atoms with van der Waals surface area (Å²) in [5.41, 5.74) is 3.20. The van der Waals surface area contributed by atoms with Crippen LogP contribution in [-0.2, 0) is 25.5 Å². The molecule has 0 radical (unpaired) electrons. The number of piperidine rings is 1. The smallest absolute Gasteiger partial charge is 0.306 e. The van der Waals surface area contributed by atoms with Crippen LogP contribution < -0.4 is 15.1 Å². The van der Waals surface area contributed by atoms with E-state index in [1.54, 1.807) is 0 Å². The van der Waals surface area contributed by atoms with Crippen LogP contribution in [0.4, 0.5) is 11.4 Å². The van der Waals surface area contributed by atoms with E-state index in [1.165, 1.54) is 11.3 Å². The second-order valence-electron chi connectivity index (χ2n) is 9.58. The Morgan fingerprint density at radius 2 is 1.90 bits per heavy atom.